The number of ether oxygens (including phenoxy) is 1. The van der Waals surface area contributed by atoms with Gasteiger partial charge >= 0.3 is 5.97 Å². The molecule has 1 saturated carbocycles. The van der Waals surface area contributed by atoms with Crippen LogP contribution in [-0.2, 0) is 32.6 Å². The van der Waals surface area contributed by atoms with E-state index in [-0.39, 0.29) is 23.6 Å². The van der Waals surface area contributed by atoms with Crippen LogP contribution < -0.4 is 0 Å². The van der Waals surface area contributed by atoms with Crippen LogP contribution in [0, 0.1) is 36.0 Å². The normalized spacial score (nSPS) is 24.2. The molecular weight excluding hydrogens is 474 g/mol. The number of hydrogen-bond acceptors (Lipinski definition) is 6. The fourth-order valence-electron chi connectivity index (χ4n) is 6.70. The summed E-state index contributed by atoms with van der Waals surface area (Å²) < 4.78 is 5.10. The largest absolute Gasteiger partial charge is 0.466 e. The van der Waals surface area contributed by atoms with Gasteiger partial charge in [0.05, 0.1) is 24.1 Å². The predicted octanol–water partition coefficient (Wildman–Crippen LogP) is 5.54. The summed E-state index contributed by atoms with van der Waals surface area (Å²) in [7, 11) is 0. The number of aromatic nitrogens is 2. The summed E-state index contributed by atoms with van der Waals surface area (Å²) in [5.41, 5.74) is 5.82. The Bertz CT molecular complexity index is 1410. The quantitative estimate of drug-likeness (QED) is 0.321. The number of benzene rings is 2. The molecule has 0 N–H and O–H groups in total. The Morgan fingerprint density at radius 3 is 2.68 bits per heavy atom. The number of Topliss-reactive ketones (excluding diaryl/α,β-unsaturated/α-hetero) is 1. The Morgan fingerprint density at radius 1 is 1.16 bits per heavy atom. The first kappa shape index (κ1) is 25.8. The van der Waals surface area contributed by atoms with Crippen LogP contribution in [0.25, 0.3) is 11.3 Å². The van der Waals surface area contributed by atoms with Crippen molar-refractivity contribution in [3.8, 4) is 17.3 Å². The zero-order valence-electron chi connectivity index (χ0n) is 22.2. The van der Waals surface area contributed by atoms with Crippen molar-refractivity contribution in [1.82, 2.24) is 9.97 Å². The lowest BCUT2D eigenvalue weighted by atomic mass is 9.50. The summed E-state index contributed by atoms with van der Waals surface area (Å²) >= 11 is 0. The van der Waals surface area contributed by atoms with E-state index < -0.39 is 11.3 Å². The van der Waals surface area contributed by atoms with Gasteiger partial charge < -0.3 is 4.74 Å². The molecule has 1 fully saturated rings. The number of fused-ring (bicyclic) bond motifs is 3. The smallest absolute Gasteiger partial charge is 0.302 e. The highest BCUT2D eigenvalue weighted by atomic mass is 16.5. The predicted molar refractivity (Wildman–Crippen MR) is 144 cm³/mol. The number of ketones is 1. The van der Waals surface area contributed by atoms with E-state index in [9.17, 15) is 14.9 Å². The average Bonchev–Trinajstić information content (AvgIpc) is 2.93. The lowest BCUT2D eigenvalue weighted by Crippen LogP contribution is -2.53. The molecule has 0 amide bonds. The molecular formula is C32H33N3O3. The van der Waals surface area contributed by atoms with Gasteiger partial charge in [-0.2, -0.15) is 5.26 Å². The first-order valence-corrected chi connectivity index (χ1v) is 13.4. The SMILES string of the molecule is CC(=O)OCCCc1cccc(-c2nc(C)nc3c2CC[C@H]2[C@H](C)C(=O)C(C#N)C[C@]32c2ccccc2)c1. The summed E-state index contributed by atoms with van der Waals surface area (Å²) in [6.07, 6.45) is 3.63. The molecule has 0 saturated heterocycles. The Morgan fingerprint density at radius 2 is 1.95 bits per heavy atom. The van der Waals surface area contributed by atoms with Crippen molar-refractivity contribution in [2.24, 2.45) is 17.8 Å². The van der Waals surface area contributed by atoms with Crippen molar-refractivity contribution in [2.45, 2.75) is 58.3 Å². The van der Waals surface area contributed by atoms with Crippen molar-refractivity contribution in [3.63, 3.8) is 0 Å². The molecule has 0 aliphatic heterocycles. The highest BCUT2D eigenvalue weighted by Crippen LogP contribution is 2.56. The number of esters is 1. The van der Waals surface area contributed by atoms with Crippen LogP contribution in [0.1, 0.15) is 61.3 Å². The molecule has 38 heavy (non-hydrogen) atoms. The third-order valence-electron chi connectivity index (χ3n) is 8.36. The second kappa shape index (κ2) is 10.5. The summed E-state index contributed by atoms with van der Waals surface area (Å²) in [6.45, 7) is 5.75. The Hall–Kier alpha value is -3.85. The van der Waals surface area contributed by atoms with Crippen LogP contribution in [0.3, 0.4) is 0 Å². The van der Waals surface area contributed by atoms with Crippen LogP contribution in [0.4, 0.5) is 0 Å². The molecule has 0 radical (unpaired) electrons. The number of rotatable bonds is 6. The van der Waals surface area contributed by atoms with E-state index in [1.54, 1.807) is 0 Å². The van der Waals surface area contributed by atoms with Crippen molar-refractivity contribution in [1.29, 1.82) is 5.26 Å². The van der Waals surface area contributed by atoms with Gasteiger partial charge in [0.25, 0.3) is 0 Å². The Balaban J connectivity index is 1.63. The molecule has 1 unspecified atom stereocenters. The van der Waals surface area contributed by atoms with Crippen molar-refractivity contribution < 1.29 is 14.3 Å². The summed E-state index contributed by atoms with van der Waals surface area (Å²) in [5.74, 6) is -0.324. The van der Waals surface area contributed by atoms with E-state index >= 15 is 0 Å². The maximum absolute atomic E-state index is 13.2. The molecule has 0 bridgehead atoms. The molecule has 1 heterocycles. The third-order valence-corrected chi connectivity index (χ3v) is 8.36. The maximum Gasteiger partial charge on any atom is 0.302 e. The molecule has 2 aromatic carbocycles. The standard InChI is InChI=1S/C32H33N3O3/c1-20-28-15-14-27-29(24-11-7-9-23(17-24)10-8-16-38-22(3)36)34-21(2)35-31(27)32(28,18-25(19-33)30(20)37)26-12-5-4-6-13-26/h4-7,9,11-13,17,20,25,28H,8,10,14-16,18H2,1-3H3/t20-,25?,28-,32+/m0/s1. The molecule has 4 atom stereocenters. The molecule has 2 aliphatic carbocycles. The molecule has 1 aromatic heterocycles. The molecule has 6 heteroatoms. The van der Waals surface area contributed by atoms with Gasteiger partial charge in [-0.05, 0) is 62.1 Å². The number of carbonyl (C=O) groups excluding carboxylic acids is 2. The molecule has 3 aromatic rings. The zero-order valence-corrected chi connectivity index (χ0v) is 22.2. The van der Waals surface area contributed by atoms with E-state index in [4.69, 9.17) is 14.7 Å². The first-order valence-electron chi connectivity index (χ1n) is 13.4. The van der Waals surface area contributed by atoms with Gasteiger partial charge in [0.1, 0.15) is 11.7 Å². The van der Waals surface area contributed by atoms with Crippen LogP contribution >= 0.6 is 0 Å². The lowest BCUT2D eigenvalue weighted by molar-refractivity contribution is -0.141. The maximum atomic E-state index is 13.2. The van der Waals surface area contributed by atoms with Gasteiger partial charge in [0.2, 0.25) is 0 Å². The van der Waals surface area contributed by atoms with Gasteiger partial charge in [-0.25, -0.2) is 9.97 Å². The summed E-state index contributed by atoms with van der Waals surface area (Å²) in [5, 5.41) is 9.98. The lowest BCUT2D eigenvalue weighted by Gasteiger charge is -2.51. The van der Waals surface area contributed by atoms with E-state index in [1.165, 1.54) is 6.92 Å². The summed E-state index contributed by atoms with van der Waals surface area (Å²) in [4.78, 5) is 34.3. The second-order valence-electron chi connectivity index (χ2n) is 10.6. The van der Waals surface area contributed by atoms with E-state index in [0.717, 1.165) is 59.3 Å². The third kappa shape index (κ3) is 4.51. The molecule has 194 valence electrons. The van der Waals surface area contributed by atoms with Crippen LogP contribution in [0.2, 0.25) is 0 Å². The minimum absolute atomic E-state index is 0.0555. The van der Waals surface area contributed by atoms with Crippen LogP contribution in [-0.4, -0.2) is 28.3 Å². The molecule has 5 rings (SSSR count). The Kier molecular flexibility index (Phi) is 7.12. The molecule has 6 nitrogen and oxygen atoms in total. The minimum Gasteiger partial charge on any atom is -0.466 e. The fraction of sp³-hybridized carbons (Fsp3) is 0.406. The van der Waals surface area contributed by atoms with Gasteiger partial charge in [-0.3, -0.25) is 9.59 Å². The fourth-order valence-corrected chi connectivity index (χ4v) is 6.70. The number of aryl methyl sites for hydroxylation is 2. The van der Waals surface area contributed by atoms with Gasteiger partial charge in [0, 0.05) is 29.4 Å². The second-order valence-corrected chi connectivity index (χ2v) is 10.6. The number of nitriles is 1. The number of carbonyl (C=O) groups is 2. The zero-order chi connectivity index (χ0) is 26.9. The van der Waals surface area contributed by atoms with Gasteiger partial charge in [-0.1, -0.05) is 55.5 Å². The average molecular weight is 508 g/mol. The topological polar surface area (TPSA) is 92.9 Å². The first-order chi connectivity index (χ1) is 18.3. The van der Waals surface area contributed by atoms with E-state index in [0.29, 0.717) is 18.9 Å². The van der Waals surface area contributed by atoms with Crippen molar-refractivity contribution in [3.05, 3.63) is 82.8 Å². The van der Waals surface area contributed by atoms with Gasteiger partial charge in [-0.15, -0.1) is 0 Å². The van der Waals surface area contributed by atoms with Gasteiger partial charge in [0.15, 0.2) is 5.78 Å². The van der Waals surface area contributed by atoms with E-state index in [1.807, 2.05) is 38.1 Å². The van der Waals surface area contributed by atoms with Crippen LogP contribution in [0.5, 0.6) is 0 Å². The number of hydrogen-bond donors (Lipinski definition) is 0. The molecule has 2 aliphatic rings. The molecule has 0 spiro atoms. The Labute approximate surface area is 224 Å². The summed E-state index contributed by atoms with van der Waals surface area (Å²) in [6, 6.07) is 21.0. The van der Waals surface area contributed by atoms with E-state index in [2.05, 4.69) is 36.4 Å². The highest BCUT2D eigenvalue weighted by Gasteiger charge is 2.56. The highest BCUT2D eigenvalue weighted by molar-refractivity contribution is 5.87. The van der Waals surface area contributed by atoms with Crippen molar-refractivity contribution >= 4 is 11.8 Å². The minimum atomic E-state index is -0.660. The monoisotopic (exact) mass is 507 g/mol. The van der Waals surface area contributed by atoms with Crippen LogP contribution in [0.15, 0.2) is 54.6 Å². The number of nitrogens with zero attached hydrogens (tertiary/aromatic N) is 3. The van der Waals surface area contributed by atoms with Crippen molar-refractivity contribution in [2.75, 3.05) is 6.61 Å².